The maximum Gasteiger partial charge on any atom is 0.338 e. The number of benzene rings is 2. The van der Waals surface area contributed by atoms with Gasteiger partial charge in [0.1, 0.15) is 48.1 Å². The van der Waals surface area contributed by atoms with Crippen molar-refractivity contribution in [2.24, 2.45) is 0 Å². The first-order valence-corrected chi connectivity index (χ1v) is 12.9. The SMILES string of the molecule is COc1ccc(C(C)=O)c(O[C@H]2O[C@H](CO[C@H]3OC[C@H](O)[C@H](O)[C@H]3O)[C@@H](OC(=O)c3cc(O)c(O)c(O)c3)[C@H](O)[C@H]2O)c1. The van der Waals surface area contributed by atoms with Gasteiger partial charge in [-0.1, -0.05) is 0 Å². The number of Topliss-reactive ketones (excluding diaryl/α,β-unsaturated/α-hetero) is 1. The molecule has 236 valence electrons. The van der Waals surface area contributed by atoms with Crippen molar-refractivity contribution in [3.63, 3.8) is 0 Å². The number of hydrogen-bond donors (Lipinski definition) is 8. The van der Waals surface area contributed by atoms with Gasteiger partial charge in [-0.25, -0.2) is 4.79 Å². The zero-order valence-electron chi connectivity index (χ0n) is 22.8. The largest absolute Gasteiger partial charge is 0.504 e. The number of ether oxygens (including phenoxy) is 6. The zero-order chi connectivity index (χ0) is 31.6. The van der Waals surface area contributed by atoms with Gasteiger partial charge in [-0.05, 0) is 31.2 Å². The molecular weight excluding hydrogens is 580 g/mol. The fourth-order valence-electron chi connectivity index (χ4n) is 4.46. The van der Waals surface area contributed by atoms with Gasteiger partial charge in [0.25, 0.3) is 0 Å². The molecule has 0 aromatic heterocycles. The number of esters is 1. The molecule has 2 heterocycles. The van der Waals surface area contributed by atoms with E-state index in [1.165, 1.54) is 32.2 Å². The molecule has 0 aliphatic carbocycles. The Morgan fingerprint density at radius 3 is 2.19 bits per heavy atom. The van der Waals surface area contributed by atoms with Gasteiger partial charge >= 0.3 is 5.97 Å². The van der Waals surface area contributed by atoms with Crippen molar-refractivity contribution in [2.75, 3.05) is 20.3 Å². The average molecular weight is 613 g/mol. The lowest BCUT2D eigenvalue weighted by molar-refractivity contribution is -0.307. The van der Waals surface area contributed by atoms with E-state index in [0.717, 1.165) is 12.1 Å². The lowest BCUT2D eigenvalue weighted by Gasteiger charge is -2.42. The molecule has 0 unspecified atom stereocenters. The van der Waals surface area contributed by atoms with E-state index in [1.807, 2.05) is 0 Å². The first-order valence-electron chi connectivity index (χ1n) is 12.9. The van der Waals surface area contributed by atoms with Gasteiger partial charge in [-0.3, -0.25) is 4.79 Å². The van der Waals surface area contributed by atoms with Crippen LogP contribution in [0.5, 0.6) is 28.7 Å². The highest BCUT2D eigenvalue weighted by Crippen LogP contribution is 2.36. The van der Waals surface area contributed by atoms with Crippen molar-refractivity contribution in [2.45, 2.75) is 62.2 Å². The first kappa shape index (κ1) is 32.2. The van der Waals surface area contributed by atoms with E-state index < -0.39 is 103 Å². The van der Waals surface area contributed by atoms with E-state index in [9.17, 15) is 50.4 Å². The number of carbonyl (C=O) groups excluding carboxylic acids is 2. The quantitative estimate of drug-likeness (QED) is 0.0913. The molecule has 0 radical (unpaired) electrons. The molecule has 2 aromatic rings. The molecule has 2 fully saturated rings. The second kappa shape index (κ2) is 13.3. The number of carbonyl (C=O) groups is 2. The molecule has 0 spiro atoms. The van der Waals surface area contributed by atoms with E-state index in [0.29, 0.717) is 5.75 Å². The summed E-state index contributed by atoms with van der Waals surface area (Å²) < 4.78 is 32.8. The van der Waals surface area contributed by atoms with Crippen molar-refractivity contribution >= 4 is 11.8 Å². The van der Waals surface area contributed by atoms with E-state index in [-0.39, 0.29) is 11.3 Å². The fraction of sp³-hybridized carbons (Fsp3) is 0.481. The number of ketones is 1. The topological polar surface area (TPSA) is 251 Å². The van der Waals surface area contributed by atoms with Crippen LogP contribution < -0.4 is 9.47 Å². The number of aliphatic hydroxyl groups excluding tert-OH is 5. The summed E-state index contributed by atoms with van der Waals surface area (Å²) in [5, 5.41) is 80.9. The summed E-state index contributed by atoms with van der Waals surface area (Å²) in [7, 11) is 1.37. The number of phenolic OH excluding ortho intramolecular Hbond substituents is 3. The Morgan fingerprint density at radius 2 is 1.56 bits per heavy atom. The summed E-state index contributed by atoms with van der Waals surface area (Å²) in [6.07, 6.45) is -14.9. The Bertz CT molecular complexity index is 1290. The van der Waals surface area contributed by atoms with Gasteiger partial charge in [0.2, 0.25) is 6.29 Å². The van der Waals surface area contributed by atoms with Crippen molar-refractivity contribution in [3.8, 4) is 28.7 Å². The van der Waals surface area contributed by atoms with Crippen molar-refractivity contribution < 1.29 is 78.9 Å². The van der Waals surface area contributed by atoms with E-state index in [2.05, 4.69) is 0 Å². The Morgan fingerprint density at radius 1 is 0.907 bits per heavy atom. The highest BCUT2D eigenvalue weighted by Gasteiger charge is 2.49. The monoisotopic (exact) mass is 612 g/mol. The summed E-state index contributed by atoms with van der Waals surface area (Å²) in [5.41, 5.74) is -0.358. The van der Waals surface area contributed by atoms with Crippen LogP contribution in [0, 0.1) is 0 Å². The number of aliphatic hydroxyl groups is 5. The van der Waals surface area contributed by atoms with E-state index in [1.54, 1.807) is 0 Å². The number of aromatic hydroxyl groups is 3. The number of rotatable bonds is 9. The highest BCUT2D eigenvalue weighted by atomic mass is 16.7. The molecule has 9 atom stereocenters. The molecule has 0 saturated carbocycles. The molecule has 2 aliphatic rings. The summed E-state index contributed by atoms with van der Waals surface area (Å²) in [5.74, 6) is -3.98. The highest BCUT2D eigenvalue weighted by molar-refractivity contribution is 5.97. The molecule has 43 heavy (non-hydrogen) atoms. The molecule has 2 saturated heterocycles. The minimum absolute atomic E-state index is 0.0728. The van der Waals surface area contributed by atoms with Crippen molar-refractivity contribution in [1.29, 1.82) is 0 Å². The van der Waals surface area contributed by atoms with Crippen LogP contribution in [0.3, 0.4) is 0 Å². The van der Waals surface area contributed by atoms with Crippen LogP contribution in [0.15, 0.2) is 30.3 Å². The van der Waals surface area contributed by atoms with Gasteiger partial charge < -0.3 is 69.3 Å². The van der Waals surface area contributed by atoms with Crippen LogP contribution in [0.1, 0.15) is 27.6 Å². The van der Waals surface area contributed by atoms with Crippen LogP contribution in [0.4, 0.5) is 0 Å². The van der Waals surface area contributed by atoms with Crippen LogP contribution >= 0.6 is 0 Å². The molecule has 0 bridgehead atoms. The summed E-state index contributed by atoms with van der Waals surface area (Å²) in [6, 6.07) is 5.83. The molecule has 0 amide bonds. The van der Waals surface area contributed by atoms with Crippen molar-refractivity contribution in [3.05, 3.63) is 41.5 Å². The molecule has 16 heteroatoms. The Kier molecular flexibility index (Phi) is 9.93. The lowest BCUT2D eigenvalue weighted by atomic mass is 9.98. The second-order valence-electron chi connectivity index (χ2n) is 9.88. The predicted octanol–water partition coefficient (Wildman–Crippen LogP) is -1.48. The molecule has 8 N–H and O–H groups in total. The van der Waals surface area contributed by atoms with Crippen LogP contribution in [-0.4, -0.2) is 128 Å². The summed E-state index contributed by atoms with van der Waals surface area (Å²) in [4.78, 5) is 25.1. The second-order valence-corrected chi connectivity index (χ2v) is 9.88. The summed E-state index contributed by atoms with van der Waals surface area (Å²) in [6.45, 7) is 0.265. The molecule has 2 aromatic carbocycles. The van der Waals surface area contributed by atoms with Gasteiger partial charge in [0.15, 0.2) is 35.4 Å². The van der Waals surface area contributed by atoms with E-state index in [4.69, 9.17) is 28.4 Å². The first-order chi connectivity index (χ1) is 20.3. The zero-order valence-corrected chi connectivity index (χ0v) is 22.8. The Hall–Kier alpha value is -3.74. The molecule has 16 nitrogen and oxygen atoms in total. The smallest absolute Gasteiger partial charge is 0.338 e. The van der Waals surface area contributed by atoms with E-state index >= 15 is 0 Å². The maximum atomic E-state index is 12.9. The third-order valence-corrected chi connectivity index (χ3v) is 6.88. The van der Waals surface area contributed by atoms with Gasteiger partial charge in [0, 0.05) is 6.07 Å². The van der Waals surface area contributed by atoms with Gasteiger partial charge in [0.05, 0.1) is 31.5 Å². The predicted molar refractivity (Wildman–Crippen MR) is 139 cm³/mol. The number of phenols is 3. The normalized spacial score (nSPS) is 30.8. The van der Waals surface area contributed by atoms with Gasteiger partial charge in [-0.15, -0.1) is 0 Å². The maximum absolute atomic E-state index is 12.9. The minimum atomic E-state index is -1.92. The Balaban J connectivity index is 1.60. The average Bonchev–Trinajstić information content (AvgIpc) is 2.97. The number of hydrogen-bond acceptors (Lipinski definition) is 16. The third-order valence-electron chi connectivity index (χ3n) is 6.88. The van der Waals surface area contributed by atoms with Gasteiger partial charge in [-0.2, -0.15) is 0 Å². The molecular formula is C27H32O16. The third kappa shape index (κ3) is 6.92. The van der Waals surface area contributed by atoms with Crippen LogP contribution in [0.2, 0.25) is 0 Å². The summed E-state index contributed by atoms with van der Waals surface area (Å²) >= 11 is 0. The number of methoxy groups -OCH3 is 1. The van der Waals surface area contributed by atoms with Crippen molar-refractivity contribution in [1.82, 2.24) is 0 Å². The minimum Gasteiger partial charge on any atom is -0.504 e. The standard InChI is InChI=1S/C27H32O16/c1-10(28)13-4-3-12(38-2)7-17(13)41-27-23(36)21(34)24(43-25(37)11-5-14(29)19(32)15(30)6-11)18(42-27)9-40-26-22(35)20(33)16(31)8-39-26/h3-7,16,18,20-24,26-27,29-36H,8-9H2,1-2H3/t16-,18+,20-,21+,22+,23+,24+,26+,27-/m0/s1. The molecule has 2 aliphatic heterocycles. The molecule has 4 rings (SSSR count). The van der Waals surface area contributed by atoms with Crippen LogP contribution in [0.25, 0.3) is 0 Å². The Labute approximate surface area is 243 Å². The lowest BCUT2D eigenvalue weighted by Crippen LogP contribution is -2.62. The fourth-order valence-corrected chi connectivity index (χ4v) is 4.46. The van der Waals surface area contributed by atoms with Crippen LogP contribution in [-0.2, 0) is 18.9 Å².